The summed E-state index contributed by atoms with van der Waals surface area (Å²) in [4.78, 5) is 24.2. The zero-order valence-electron chi connectivity index (χ0n) is 31.3. The standard InChI is InChI=1S/C40H64O7Si/c1-26(15-18-35(42)43)29-16-17-30-36-31(19-21-39(29,30)6)40(7)22-20-33(47-48(8,9)38(3,4)5)37(46-27(2)41)32(40)23-34(36)45-25-44-24-28-13-11-10-12-14-28/h10-14,26,29-34,36-37H,15-25H2,1-9H3,(H,42,43)/t26-,29-,30+,31+,32+,33-,34-,36+,37-,39-,40-/m1/s1. The molecule has 5 rings (SSSR count). The third kappa shape index (κ3) is 7.47. The van der Waals surface area contributed by atoms with E-state index in [0.717, 1.165) is 56.9 Å². The Morgan fingerprint density at radius 2 is 1.62 bits per heavy atom. The van der Waals surface area contributed by atoms with Crippen molar-refractivity contribution in [1.82, 2.24) is 0 Å². The Hall–Kier alpha value is -1.74. The molecule has 7 nitrogen and oxygen atoms in total. The van der Waals surface area contributed by atoms with E-state index >= 15 is 0 Å². The van der Waals surface area contributed by atoms with Crippen LogP contribution in [0.3, 0.4) is 0 Å². The van der Waals surface area contributed by atoms with E-state index in [0.29, 0.717) is 36.2 Å². The molecule has 1 N–H and O–H groups in total. The fraction of sp³-hybridized carbons (Fsp3) is 0.800. The molecule has 4 aliphatic carbocycles. The van der Waals surface area contributed by atoms with Gasteiger partial charge in [0, 0.05) is 19.3 Å². The second kappa shape index (κ2) is 14.5. The maximum Gasteiger partial charge on any atom is 0.303 e. The van der Waals surface area contributed by atoms with Crippen LogP contribution < -0.4 is 0 Å². The van der Waals surface area contributed by atoms with Gasteiger partial charge in [-0.15, -0.1) is 0 Å². The highest BCUT2D eigenvalue weighted by molar-refractivity contribution is 6.74. The Balaban J connectivity index is 1.44. The van der Waals surface area contributed by atoms with Gasteiger partial charge in [0.15, 0.2) is 8.32 Å². The molecule has 0 aliphatic heterocycles. The maximum atomic E-state index is 12.7. The second-order valence-electron chi connectivity index (χ2n) is 18.0. The number of benzene rings is 1. The van der Waals surface area contributed by atoms with Crippen LogP contribution in [0.4, 0.5) is 0 Å². The normalized spacial score (nSPS) is 37.2. The molecule has 11 atom stereocenters. The lowest BCUT2D eigenvalue weighted by atomic mass is 9.43. The van der Waals surface area contributed by atoms with E-state index in [1.165, 1.54) is 0 Å². The van der Waals surface area contributed by atoms with Crippen molar-refractivity contribution < 1.29 is 33.3 Å². The number of carbonyl (C=O) groups excluding carboxylic acids is 1. The summed E-state index contributed by atoms with van der Waals surface area (Å²) < 4.78 is 26.4. The quantitative estimate of drug-likeness (QED) is 0.102. The van der Waals surface area contributed by atoms with Gasteiger partial charge in [0.25, 0.3) is 0 Å². The zero-order valence-corrected chi connectivity index (χ0v) is 32.3. The minimum Gasteiger partial charge on any atom is -0.481 e. The van der Waals surface area contributed by atoms with Crippen molar-refractivity contribution >= 4 is 20.3 Å². The predicted molar refractivity (Wildman–Crippen MR) is 191 cm³/mol. The van der Waals surface area contributed by atoms with E-state index in [4.69, 9.17) is 18.6 Å². The van der Waals surface area contributed by atoms with Crippen LogP contribution in [0, 0.1) is 46.3 Å². The van der Waals surface area contributed by atoms with Gasteiger partial charge in [-0.2, -0.15) is 0 Å². The van der Waals surface area contributed by atoms with Crippen molar-refractivity contribution in [2.75, 3.05) is 6.79 Å². The van der Waals surface area contributed by atoms with E-state index < -0.39 is 14.3 Å². The van der Waals surface area contributed by atoms with Crippen LogP contribution in [-0.4, -0.2) is 50.5 Å². The number of carbonyl (C=O) groups is 2. The molecule has 0 aromatic heterocycles. The third-order valence-corrected chi connectivity index (χ3v) is 18.8. The number of fused-ring (bicyclic) bond motifs is 5. The van der Waals surface area contributed by atoms with Gasteiger partial charge in [-0.1, -0.05) is 71.9 Å². The highest BCUT2D eigenvalue weighted by atomic mass is 28.4. The highest BCUT2D eigenvalue weighted by Gasteiger charge is 2.65. The molecule has 0 spiro atoms. The molecule has 8 heteroatoms. The summed E-state index contributed by atoms with van der Waals surface area (Å²) >= 11 is 0. The molecular weight excluding hydrogens is 621 g/mol. The number of hydrogen-bond acceptors (Lipinski definition) is 6. The predicted octanol–water partition coefficient (Wildman–Crippen LogP) is 9.25. The van der Waals surface area contributed by atoms with Gasteiger partial charge < -0.3 is 23.7 Å². The van der Waals surface area contributed by atoms with Crippen LogP contribution in [-0.2, 0) is 34.8 Å². The van der Waals surface area contributed by atoms with Crippen molar-refractivity contribution in [3.8, 4) is 0 Å². The zero-order chi connectivity index (χ0) is 35.1. The molecule has 1 aromatic rings. The fourth-order valence-corrected chi connectivity index (χ4v) is 12.2. The van der Waals surface area contributed by atoms with Crippen LogP contribution in [0.25, 0.3) is 0 Å². The maximum absolute atomic E-state index is 12.7. The number of aliphatic carboxylic acids is 1. The Bertz CT molecular complexity index is 1260. The van der Waals surface area contributed by atoms with Crippen molar-refractivity contribution in [3.05, 3.63) is 35.9 Å². The van der Waals surface area contributed by atoms with Gasteiger partial charge in [-0.3, -0.25) is 9.59 Å². The van der Waals surface area contributed by atoms with E-state index in [1.54, 1.807) is 6.92 Å². The lowest BCUT2D eigenvalue weighted by molar-refractivity contribution is -0.236. The topological polar surface area (TPSA) is 91.3 Å². The van der Waals surface area contributed by atoms with Crippen molar-refractivity contribution in [3.63, 3.8) is 0 Å². The van der Waals surface area contributed by atoms with E-state index in [9.17, 15) is 14.7 Å². The Labute approximate surface area is 291 Å². The first-order valence-corrected chi connectivity index (χ1v) is 21.7. The van der Waals surface area contributed by atoms with Crippen molar-refractivity contribution in [2.45, 2.75) is 149 Å². The highest BCUT2D eigenvalue weighted by Crippen LogP contribution is 2.69. The summed E-state index contributed by atoms with van der Waals surface area (Å²) in [5, 5.41) is 9.49. The van der Waals surface area contributed by atoms with Gasteiger partial charge in [-0.05, 0) is 115 Å². The molecule has 4 fully saturated rings. The van der Waals surface area contributed by atoms with Gasteiger partial charge in [0.2, 0.25) is 0 Å². The van der Waals surface area contributed by atoms with Gasteiger partial charge in [0.05, 0.1) is 18.8 Å². The first kappa shape index (κ1) is 37.5. The molecule has 4 saturated carbocycles. The Morgan fingerprint density at radius 1 is 0.958 bits per heavy atom. The molecule has 0 saturated heterocycles. The van der Waals surface area contributed by atoms with Gasteiger partial charge >= 0.3 is 11.9 Å². The van der Waals surface area contributed by atoms with Crippen LogP contribution in [0.5, 0.6) is 0 Å². The average Bonchev–Trinajstić information content (AvgIpc) is 3.36. The summed E-state index contributed by atoms with van der Waals surface area (Å²) in [6, 6.07) is 10.2. The number of rotatable bonds is 12. The Morgan fingerprint density at radius 3 is 2.27 bits per heavy atom. The minimum atomic E-state index is -2.12. The van der Waals surface area contributed by atoms with Crippen LogP contribution >= 0.6 is 0 Å². The van der Waals surface area contributed by atoms with Gasteiger partial charge in [-0.25, -0.2) is 0 Å². The molecule has 1 aromatic carbocycles. The minimum absolute atomic E-state index is 0.00812. The van der Waals surface area contributed by atoms with Crippen LogP contribution in [0.15, 0.2) is 30.3 Å². The number of hydrogen-bond donors (Lipinski definition) is 1. The summed E-state index contributed by atoms with van der Waals surface area (Å²) in [6.07, 6.45) is 7.95. The van der Waals surface area contributed by atoms with Crippen LogP contribution in [0.2, 0.25) is 18.1 Å². The number of carboxylic acid groups (broad SMARTS) is 1. The molecule has 0 radical (unpaired) electrons. The molecule has 0 amide bonds. The molecule has 0 bridgehead atoms. The molecular formula is C40H64O7Si. The molecule has 48 heavy (non-hydrogen) atoms. The van der Waals surface area contributed by atoms with E-state index in [-0.39, 0.29) is 59.3 Å². The summed E-state index contributed by atoms with van der Waals surface area (Å²) in [5.74, 6) is 1.46. The summed E-state index contributed by atoms with van der Waals surface area (Å²) in [6.45, 7) is 21.0. The number of ether oxygens (including phenoxy) is 3. The smallest absolute Gasteiger partial charge is 0.303 e. The van der Waals surface area contributed by atoms with E-state index in [1.807, 2.05) is 18.2 Å². The number of esters is 1. The SMILES string of the molecule is CC(=O)O[C@H]1[C@H](O[Si](C)(C)C(C)(C)C)CC[C@@]2(C)[C@H]1C[C@@H](OCOCc1ccccc1)[C@@H]1[C@@H]2CC[C@]2(C)[C@@H]([C@H](C)CCC(=O)O)CC[C@@H]12. The first-order valence-electron chi connectivity index (χ1n) is 18.8. The monoisotopic (exact) mass is 684 g/mol. The van der Waals surface area contributed by atoms with Crippen molar-refractivity contribution in [1.29, 1.82) is 0 Å². The summed E-state index contributed by atoms with van der Waals surface area (Å²) in [5.41, 5.74) is 1.30. The Kier molecular flexibility index (Phi) is 11.3. The largest absolute Gasteiger partial charge is 0.481 e. The average molecular weight is 685 g/mol. The summed E-state index contributed by atoms with van der Waals surface area (Å²) in [7, 11) is -2.12. The second-order valence-corrected chi connectivity index (χ2v) is 22.7. The molecule has 0 unspecified atom stereocenters. The first-order chi connectivity index (χ1) is 22.5. The molecule has 270 valence electrons. The van der Waals surface area contributed by atoms with Crippen molar-refractivity contribution in [2.24, 2.45) is 46.3 Å². The number of carboxylic acids is 1. The van der Waals surface area contributed by atoms with Gasteiger partial charge in [0.1, 0.15) is 12.9 Å². The molecule has 4 aliphatic rings. The lowest BCUT2D eigenvalue weighted by Gasteiger charge is -2.64. The van der Waals surface area contributed by atoms with E-state index in [2.05, 4.69) is 66.8 Å². The third-order valence-electron chi connectivity index (χ3n) is 14.3. The lowest BCUT2D eigenvalue weighted by Crippen LogP contribution is -2.64. The van der Waals surface area contributed by atoms with Crippen LogP contribution in [0.1, 0.15) is 112 Å². The fourth-order valence-electron chi connectivity index (χ4n) is 10.8. The molecule has 0 heterocycles.